The lowest BCUT2D eigenvalue weighted by atomic mass is 10.2. The SMILES string of the molecule is CCOc1ccc(Cn2cc(NC(=O)Cn3cc([N+](=O)[O-])c(C)n3)cn2)cc1OCC. The summed E-state index contributed by atoms with van der Waals surface area (Å²) < 4.78 is 14.1. The Balaban J connectivity index is 1.62. The molecule has 0 atom stereocenters. The molecule has 0 saturated carbocycles. The average molecular weight is 428 g/mol. The van der Waals surface area contributed by atoms with Crippen LogP contribution in [0.3, 0.4) is 0 Å². The van der Waals surface area contributed by atoms with Crippen molar-refractivity contribution in [3.8, 4) is 11.5 Å². The third-order valence-corrected chi connectivity index (χ3v) is 4.29. The topological polar surface area (TPSA) is 126 Å². The summed E-state index contributed by atoms with van der Waals surface area (Å²) in [6.45, 7) is 6.76. The van der Waals surface area contributed by atoms with Gasteiger partial charge in [-0.15, -0.1) is 0 Å². The van der Waals surface area contributed by atoms with E-state index in [1.54, 1.807) is 10.9 Å². The van der Waals surface area contributed by atoms with E-state index in [9.17, 15) is 14.9 Å². The van der Waals surface area contributed by atoms with Gasteiger partial charge in [0.15, 0.2) is 11.5 Å². The van der Waals surface area contributed by atoms with E-state index in [1.807, 2.05) is 32.0 Å². The number of aryl methyl sites for hydroxylation is 1. The van der Waals surface area contributed by atoms with Gasteiger partial charge in [0, 0.05) is 6.20 Å². The number of carbonyl (C=O) groups is 1. The van der Waals surface area contributed by atoms with Crippen LogP contribution in [0.25, 0.3) is 0 Å². The summed E-state index contributed by atoms with van der Waals surface area (Å²) in [5.41, 5.74) is 1.61. The summed E-state index contributed by atoms with van der Waals surface area (Å²) in [5, 5.41) is 21.9. The molecule has 0 aliphatic heterocycles. The Hall–Kier alpha value is -3.89. The molecule has 1 amide bonds. The fourth-order valence-electron chi connectivity index (χ4n) is 3.01. The molecule has 3 rings (SSSR count). The molecule has 3 aromatic rings. The van der Waals surface area contributed by atoms with Crippen LogP contribution in [0, 0.1) is 17.0 Å². The van der Waals surface area contributed by atoms with Crippen molar-refractivity contribution in [3.05, 3.63) is 58.2 Å². The lowest BCUT2D eigenvalue weighted by Crippen LogP contribution is -2.18. The summed E-state index contributed by atoms with van der Waals surface area (Å²) in [5.74, 6) is 0.999. The maximum absolute atomic E-state index is 12.2. The number of amides is 1. The third-order valence-electron chi connectivity index (χ3n) is 4.29. The fraction of sp³-hybridized carbons (Fsp3) is 0.350. The van der Waals surface area contributed by atoms with Crippen LogP contribution in [-0.4, -0.2) is 43.6 Å². The van der Waals surface area contributed by atoms with Gasteiger partial charge in [0.05, 0.1) is 36.6 Å². The number of nitrogens with one attached hydrogen (secondary N) is 1. The zero-order valence-corrected chi connectivity index (χ0v) is 17.6. The molecule has 0 saturated heterocycles. The van der Waals surface area contributed by atoms with E-state index >= 15 is 0 Å². The van der Waals surface area contributed by atoms with Crippen molar-refractivity contribution in [1.82, 2.24) is 19.6 Å². The first-order chi connectivity index (χ1) is 14.9. The van der Waals surface area contributed by atoms with Crippen molar-refractivity contribution in [2.24, 2.45) is 0 Å². The largest absolute Gasteiger partial charge is 0.490 e. The molecular formula is C20H24N6O5. The van der Waals surface area contributed by atoms with Gasteiger partial charge in [0.2, 0.25) is 5.91 Å². The average Bonchev–Trinajstić information content (AvgIpc) is 3.30. The zero-order chi connectivity index (χ0) is 22.4. The molecule has 0 aliphatic carbocycles. The fourth-order valence-corrected chi connectivity index (χ4v) is 3.01. The van der Waals surface area contributed by atoms with E-state index < -0.39 is 4.92 Å². The first-order valence-corrected chi connectivity index (χ1v) is 9.78. The molecule has 0 spiro atoms. The first kappa shape index (κ1) is 21.8. The highest BCUT2D eigenvalue weighted by Gasteiger charge is 2.17. The zero-order valence-electron chi connectivity index (χ0n) is 17.6. The molecule has 11 nitrogen and oxygen atoms in total. The van der Waals surface area contributed by atoms with Crippen LogP contribution < -0.4 is 14.8 Å². The van der Waals surface area contributed by atoms with Gasteiger partial charge in [-0.3, -0.25) is 24.3 Å². The number of aromatic nitrogens is 4. The molecule has 11 heteroatoms. The highest BCUT2D eigenvalue weighted by molar-refractivity contribution is 5.90. The van der Waals surface area contributed by atoms with Crippen molar-refractivity contribution >= 4 is 17.3 Å². The Bertz CT molecular complexity index is 1070. The molecule has 2 heterocycles. The number of benzene rings is 1. The Morgan fingerprint density at radius 1 is 1.16 bits per heavy atom. The molecule has 2 aromatic heterocycles. The molecule has 164 valence electrons. The molecule has 0 bridgehead atoms. The Labute approximate surface area is 178 Å². The van der Waals surface area contributed by atoms with E-state index in [-0.39, 0.29) is 23.8 Å². The van der Waals surface area contributed by atoms with Gasteiger partial charge in [-0.05, 0) is 38.5 Å². The highest BCUT2D eigenvalue weighted by Crippen LogP contribution is 2.29. The van der Waals surface area contributed by atoms with E-state index in [2.05, 4.69) is 15.5 Å². The number of nitrogens with zero attached hydrogens (tertiary/aromatic N) is 5. The molecule has 0 fully saturated rings. The minimum absolute atomic E-state index is 0.123. The number of rotatable bonds is 10. The Kier molecular flexibility index (Phi) is 6.85. The molecule has 1 aromatic carbocycles. The second kappa shape index (κ2) is 9.74. The maximum Gasteiger partial charge on any atom is 0.309 e. The number of hydrogen-bond acceptors (Lipinski definition) is 7. The van der Waals surface area contributed by atoms with Crippen LogP contribution in [-0.2, 0) is 17.9 Å². The Morgan fingerprint density at radius 2 is 1.90 bits per heavy atom. The van der Waals surface area contributed by atoms with Crippen LogP contribution in [0.5, 0.6) is 11.5 Å². The monoisotopic (exact) mass is 428 g/mol. The molecule has 31 heavy (non-hydrogen) atoms. The normalized spacial score (nSPS) is 10.7. The summed E-state index contributed by atoms with van der Waals surface area (Å²) >= 11 is 0. The van der Waals surface area contributed by atoms with Crippen LogP contribution in [0.2, 0.25) is 0 Å². The van der Waals surface area contributed by atoms with Crippen LogP contribution in [0.4, 0.5) is 11.4 Å². The molecule has 1 N–H and O–H groups in total. The highest BCUT2D eigenvalue weighted by atomic mass is 16.6. The molecule has 0 aliphatic rings. The summed E-state index contributed by atoms with van der Waals surface area (Å²) in [7, 11) is 0. The minimum Gasteiger partial charge on any atom is -0.490 e. The number of nitro groups is 1. The Morgan fingerprint density at radius 3 is 2.58 bits per heavy atom. The van der Waals surface area contributed by atoms with Gasteiger partial charge >= 0.3 is 5.69 Å². The number of anilines is 1. The van der Waals surface area contributed by atoms with E-state index in [0.29, 0.717) is 36.9 Å². The van der Waals surface area contributed by atoms with Crippen LogP contribution >= 0.6 is 0 Å². The predicted octanol–water partition coefficient (Wildman–Crippen LogP) is 2.78. The number of carbonyl (C=O) groups excluding carboxylic acids is 1. The first-order valence-electron chi connectivity index (χ1n) is 9.78. The van der Waals surface area contributed by atoms with Crippen LogP contribution in [0.15, 0.2) is 36.8 Å². The standard InChI is InChI=1S/C20H24N6O5/c1-4-30-18-7-6-15(8-19(18)31-5-2)10-24-11-16(9-21-24)22-20(27)13-25-12-17(26(28)29)14(3)23-25/h6-9,11-12H,4-5,10,13H2,1-3H3,(H,22,27). The van der Waals surface area contributed by atoms with Crippen molar-refractivity contribution in [3.63, 3.8) is 0 Å². The van der Waals surface area contributed by atoms with Gasteiger partial charge in [-0.1, -0.05) is 6.07 Å². The van der Waals surface area contributed by atoms with Gasteiger partial charge in [-0.25, -0.2) is 0 Å². The van der Waals surface area contributed by atoms with E-state index in [4.69, 9.17) is 9.47 Å². The maximum atomic E-state index is 12.2. The lowest BCUT2D eigenvalue weighted by molar-refractivity contribution is -0.385. The second-order valence-corrected chi connectivity index (χ2v) is 6.68. The predicted molar refractivity (Wildman–Crippen MR) is 112 cm³/mol. The second-order valence-electron chi connectivity index (χ2n) is 6.68. The minimum atomic E-state index is -0.529. The van der Waals surface area contributed by atoms with Crippen molar-refractivity contribution in [2.75, 3.05) is 18.5 Å². The summed E-state index contributed by atoms with van der Waals surface area (Å²) in [4.78, 5) is 22.6. The van der Waals surface area contributed by atoms with E-state index in [0.717, 1.165) is 5.56 Å². The molecule has 0 unspecified atom stereocenters. The van der Waals surface area contributed by atoms with Crippen molar-refractivity contribution in [1.29, 1.82) is 0 Å². The van der Waals surface area contributed by atoms with E-state index in [1.165, 1.54) is 24.0 Å². The summed E-state index contributed by atoms with van der Waals surface area (Å²) in [6, 6.07) is 5.70. The van der Waals surface area contributed by atoms with Gasteiger partial charge in [0.25, 0.3) is 0 Å². The van der Waals surface area contributed by atoms with Gasteiger partial charge in [0.1, 0.15) is 18.4 Å². The molecular weight excluding hydrogens is 404 g/mol. The number of ether oxygens (including phenoxy) is 2. The quantitative estimate of drug-likeness (QED) is 0.389. The molecule has 0 radical (unpaired) electrons. The van der Waals surface area contributed by atoms with Gasteiger partial charge in [-0.2, -0.15) is 10.2 Å². The number of hydrogen-bond donors (Lipinski definition) is 1. The van der Waals surface area contributed by atoms with Gasteiger partial charge < -0.3 is 14.8 Å². The van der Waals surface area contributed by atoms with Crippen molar-refractivity contribution < 1.29 is 19.2 Å². The third kappa shape index (κ3) is 5.59. The lowest BCUT2D eigenvalue weighted by Gasteiger charge is -2.12. The van der Waals surface area contributed by atoms with Crippen molar-refractivity contribution in [2.45, 2.75) is 33.9 Å². The van der Waals surface area contributed by atoms with Crippen LogP contribution in [0.1, 0.15) is 25.1 Å². The summed E-state index contributed by atoms with van der Waals surface area (Å²) in [6.07, 6.45) is 4.47. The smallest absolute Gasteiger partial charge is 0.309 e.